The van der Waals surface area contributed by atoms with E-state index in [0.717, 1.165) is 70.6 Å². The molecular weight excluding hydrogens is 1020 g/mol. The van der Waals surface area contributed by atoms with E-state index in [1.807, 2.05) is 21.1 Å². The van der Waals surface area contributed by atoms with E-state index in [-0.39, 0.29) is 32.2 Å². The van der Waals surface area contributed by atoms with Crippen LogP contribution >= 0.6 is 0 Å². The van der Waals surface area contributed by atoms with Gasteiger partial charge in [-0.3, -0.25) is 9.59 Å². The molecule has 0 radical (unpaired) electrons. The zero-order chi connectivity index (χ0) is 59.8. The molecule has 0 aromatic rings. The van der Waals surface area contributed by atoms with E-state index >= 15 is 0 Å². The van der Waals surface area contributed by atoms with Crippen LogP contribution in [0.2, 0.25) is 0 Å². The number of allylic oxidation sites excluding steroid dienone is 6. The molecule has 0 amide bonds. The fraction of sp³-hybridized carbons (Fsp3) is 0.877. The summed E-state index contributed by atoms with van der Waals surface area (Å²) in [6, 6.07) is 0. The molecule has 2 unspecified atom stereocenters. The first-order valence-corrected chi connectivity index (χ1v) is 35.6. The van der Waals surface area contributed by atoms with Crippen LogP contribution in [-0.4, -0.2) is 82.3 Å². The third-order valence-electron chi connectivity index (χ3n) is 16.1. The summed E-state index contributed by atoms with van der Waals surface area (Å²) < 4.78 is 22.8. The highest BCUT2D eigenvalue weighted by molar-refractivity contribution is 5.70. The van der Waals surface area contributed by atoms with Crippen molar-refractivity contribution >= 4 is 17.9 Å². The van der Waals surface area contributed by atoms with Gasteiger partial charge in [-0.15, -0.1) is 0 Å². The molecule has 0 saturated carbocycles. The molecule has 9 heteroatoms. The van der Waals surface area contributed by atoms with Crippen LogP contribution < -0.4 is 5.11 Å². The lowest BCUT2D eigenvalue weighted by Gasteiger charge is -2.26. The summed E-state index contributed by atoms with van der Waals surface area (Å²) in [4.78, 5) is 37.4. The summed E-state index contributed by atoms with van der Waals surface area (Å²) >= 11 is 0. The minimum atomic E-state index is -1.62. The number of nitrogens with zero attached hydrogens (tertiary/aromatic N) is 1. The number of carbonyl (C=O) groups is 3. The molecule has 0 spiro atoms. The maximum Gasteiger partial charge on any atom is 0.306 e. The van der Waals surface area contributed by atoms with Crippen molar-refractivity contribution < 1.29 is 42.9 Å². The van der Waals surface area contributed by atoms with Gasteiger partial charge in [0.05, 0.1) is 40.3 Å². The summed E-state index contributed by atoms with van der Waals surface area (Å²) in [5, 5.41) is 11.8. The Balaban J connectivity index is 4.00. The van der Waals surface area contributed by atoms with Crippen molar-refractivity contribution in [2.24, 2.45) is 0 Å². The van der Waals surface area contributed by atoms with Gasteiger partial charge in [-0.1, -0.05) is 326 Å². The minimum absolute atomic E-state index is 0.146. The van der Waals surface area contributed by atoms with E-state index < -0.39 is 24.3 Å². The summed E-state index contributed by atoms with van der Waals surface area (Å²) in [6.07, 6.45) is 78.2. The number of carboxylic acids is 1. The van der Waals surface area contributed by atoms with E-state index in [1.165, 1.54) is 250 Å². The number of aliphatic carboxylic acids is 1. The molecule has 2 atom stereocenters. The van der Waals surface area contributed by atoms with Gasteiger partial charge in [-0.05, 0) is 51.4 Å². The molecule has 0 N–H and O–H groups in total. The third-order valence-corrected chi connectivity index (χ3v) is 16.1. The Morgan fingerprint density at radius 1 is 0.366 bits per heavy atom. The van der Waals surface area contributed by atoms with Crippen LogP contribution in [-0.2, 0) is 33.3 Å². The van der Waals surface area contributed by atoms with Crippen molar-refractivity contribution in [3.05, 3.63) is 36.5 Å². The second-order valence-corrected chi connectivity index (χ2v) is 25.5. The standard InChI is InChI=1S/C73H137NO8/c1-6-8-10-12-14-16-18-20-22-24-26-28-29-30-31-32-33-34-35-36-37-38-39-40-41-42-44-45-47-49-51-53-55-57-59-61-63-70(75)80-67-69(68-81-73(72(77)78)79-66-65-74(3,4)5)82-71(76)64-62-60-58-56-54-52-50-48-46-43-27-25-23-21-19-17-15-13-11-9-7-2/h19,21,25,27,46,48,69,73H,6-18,20,22-24,26,28-45,47,49-68H2,1-5H3/b21-19-,27-25-,48-46-. The Hall–Kier alpha value is -2.49. The van der Waals surface area contributed by atoms with Crippen molar-refractivity contribution in [2.75, 3.05) is 47.5 Å². The van der Waals surface area contributed by atoms with Gasteiger partial charge in [0.25, 0.3) is 0 Å². The average molecular weight is 1160 g/mol. The first-order valence-electron chi connectivity index (χ1n) is 35.6. The van der Waals surface area contributed by atoms with Gasteiger partial charge in [-0.2, -0.15) is 0 Å². The molecular formula is C73H137NO8. The predicted octanol–water partition coefficient (Wildman–Crippen LogP) is 20.6. The molecule has 0 aliphatic rings. The topological polar surface area (TPSA) is 111 Å². The van der Waals surface area contributed by atoms with Crippen LogP contribution in [0.25, 0.3) is 0 Å². The Kier molecular flexibility index (Phi) is 62.5. The zero-order valence-electron chi connectivity index (χ0n) is 55.1. The number of ether oxygens (including phenoxy) is 4. The number of rotatable bonds is 67. The molecule has 0 rings (SSSR count). The van der Waals surface area contributed by atoms with Gasteiger partial charge in [0, 0.05) is 12.8 Å². The lowest BCUT2D eigenvalue weighted by atomic mass is 10.0. The van der Waals surface area contributed by atoms with Gasteiger partial charge >= 0.3 is 11.9 Å². The molecule has 0 aliphatic heterocycles. The van der Waals surface area contributed by atoms with Crippen molar-refractivity contribution in [1.29, 1.82) is 0 Å². The number of carboxylic acid groups (broad SMARTS) is 1. The van der Waals surface area contributed by atoms with Gasteiger partial charge in [0.15, 0.2) is 12.4 Å². The van der Waals surface area contributed by atoms with E-state index in [9.17, 15) is 19.5 Å². The number of esters is 2. The molecule has 0 aromatic carbocycles. The number of hydrogen-bond donors (Lipinski definition) is 0. The first-order chi connectivity index (χ1) is 40.1. The fourth-order valence-electron chi connectivity index (χ4n) is 10.7. The Labute approximate surface area is 509 Å². The van der Waals surface area contributed by atoms with Gasteiger partial charge in [0.2, 0.25) is 0 Å². The number of quaternary nitrogens is 1. The van der Waals surface area contributed by atoms with Crippen LogP contribution in [0.4, 0.5) is 0 Å². The van der Waals surface area contributed by atoms with Gasteiger partial charge < -0.3 is 33.3 Å². The normalized spacial score (nSPS) is 12.8. The third kappa shape index (κ3) is 65.1. The second-order valence-electron chi connectivity index (χ2n) is 25.5. The van der Waals surface area contributed by atoms with Crippen molar-refractivity contribution in [1.82, 2.24) is 0 Å². The summed E-state index contributed by atoms with van der Waals surface area (Å²) in [5.41, 5.74) is 0. The van der Waals surface area contributed by atoms with Crippen molar-refractivity contribution in [2.45, 2.75) is 367 Å². The van der Waals surface area contributed by atoms with E-state index in [0.29, 0.717) is 23.9 Å². The van der Waals surface area contributed by atoms with Crippen LogP contribution in [0.1, 0.15) is 354 Å². The van der Waals surface area contributed by atoms with Gasteiger partial charge in [0.1, 0.15) is 13.2 Å². The molecule has 0 fully saturated rings. The molecule has 82 heavy (non-hydrogen) atoms. The molecule has 482 valence electrons. The molecule has 0 aliphatic carbocycles. The first kappa shape index (κ1) is 79.5. The SMILES string of the molecule is CCCCCCC/C=C\C/C=C\C/C=C\CCCCCCCCC(=O)OC(COC(=O)CCCCCCCCCCCCCCCCCCCCCCCCCCCCCCCCCCCCCC)COC(OCC[N+](C)(C)C)C(=O)[O-]. The summed E-state index contributed by atoms with van der Waals surface area (Å²) in [7, 11) is 5.93. The molecule has 0 aromatic heterocycles. The molecule has 0 bridgehead atoms. The highest BCUT2D eigenvalue weighted by Gasteiger charge is 2.22. The molecule has 0 saturated heterocycles. The monoisotopic (exact) mass is 1160 g/mol. The molecule has 0 heterocycles. The largest absolute Gasteiger partial charge is 0.545 e. The summed E-state index contributed by atoms with van der Waals surface area (Å²) in [6.45, 7) is 4.78. The number of likely N-dealkylation sites (N-methyl/N-ethyl adjacent to an activating group) is 1. The van der Waals surface area contributed by atoms with Crippen LogP contribution in [0.5, 0.6) is 0 Å². The molecule has 9 nitrogen and oxygen atoms in total. The highest BCUT2D eigenvalue weighted by Crippen LogP contribution is 2.19. The highest BCUT2D eigenvalue weighted by atomic mass is 16.7. The Morgan fingerprint density at radius 3 is 0.976 bits per heavy atom. The van der Waals surface area contributed by atoms with Crippen LogP contribution in [0.3, 0.4) is 0 Å². The maximum absolute atomic E-state index is 12.9. The quantitative estimate of drug-likeness (QED) is 0.0195. The number of hydrogen-bond acceptors (Lipinski definition) is 8. The van der Waals surface area contributed by atoms with Crippen LogP contribution in [0, 0.1) is 0 Å². The fourth-order valence-corrected chi connectivity index (χ4v) is 10.7. The predicted molar refractivity (Wildman–Crippen MR) is 348 cm³/mol. The maximum atomic E-state index is 12.9. The summed E-state index contributed by atoms with van der Waals surface area (Å²) in [5.74, 6) is -2.28. The second kappa shape index (κ2) is 64.5. The van der Waals surface area contributed by atoms with Crippen LogP contribution in [0.15, 0.2) is 36.5 Å². The average Bonchev–Trinajstić information content (AvgIpc) is 3.47. The van der Waals surface area contributed by atoms with E-state index in [2.05, 4.69) is 50.3 Å². The number of unbranched alkanes of at least 4 members (excludes halogenated alkanes) is 46. The van der Waals surface area contributed by atoms with Gasteiger partial charge in [-0.25, -0.2) is 0 Å². The number of carbonyl (C=O) groups excluding carboxylic acids is 3. The van der Waals surface area contributed by atoms with Crippen molar-refractivity contribution in [3.63, 3.8) is 0 Å². The Bertz CT molecular complexity index is 1440. The Morgan fingerprint density at radius 2 is 0.659 bits per heavy atom. The van der Waals surface area contributed by atoms with E-state index in [4.69, 9.17) is 18.9 Å². The van der Waals surface area contributed by atoms with E-state index in [1.54, 1.807) is 0 Å². The lowest BCUT2D eigenvalue weighted by molar-refractivity contribution is -0.870. The van der Waals surface area contributed by atoms with Crippen molar-refractivity contribution in [3.8, 4) is 0 Å². The smallest absolute Gasteiger partial charge is 0.306 e. The minimum Gasteiger partial charge on any atom is -0.545 e. The lowest BCUT2D eigenvalue weighted by Crippen LogP contribution is -2.44. The zero-order valence-corrected chi connectivity index (χ0v) is 55.1.